The first-order valence-electron chi connectivity index (χ1n) is 10.0. The van der Waals surface area contributed by atoms with Gasteiger partial charge < -0.3 is 0 Å². The third-order valence-electron chi connectivity index (χ3n) is 4.83. The van der Waals surface area contributed by atoms with Gasteiger partial charge in [0.1, 0.15) is 11.6 Å². The number of benzene rings is 3. The molecule has 3 aromatic rings. The Morgan fingerprint density at radius 2 is 1.03 bits per heavy atom. The first-order valence-corrected chi connectivity index (χ1v) is 10.0. The second kappa shape index (κ2) is 10.9. The highest BCUT2D eigenvalue weighted by molar-refractivity contribution is 5.84. The van der Waals surface area contributed by atoms with E-state index in [1.807, 2.05) is 103 Å². The molecule has 3 rings (SSSR count). The van der Waals surface area contributed by atoms with Gasteiger partial charge in [-0.05, 0) is 22.6 Å². The Bertz CT molecular complexity index is 873. The highest BCUT2D eigenvalue weighted by Gasteiger charge is 2.16. The van der Waals surface area contributed by atoms with Crippen molar-refractivity contribution in [1.82, 2.24) is 0 Å². The molecular weight excluding hydrogens is 356 g/mol. The number of carbonyl (C=O) groups excluding carboxylic acids is 2. The summed E-state index contributed by atoms with van der Waals surface area (Å²) in [6, 6.07) is 29.5. The Labute approximate surface area is 172 Å². The zero-order valence-electron chi connectivity index (χ0n) is 16.5. The van der Waals surface area contributed by atoms with Crippen LogP contribution in [0.4, 0.5) is 0 Å². The molecule has 0 aromatic heterocycles. The number of allylic oxidation sites excluding steroid dienone is 1. The predicted molar refractivity (Wildman–Crippen MR) is 119 cm³/mol. The molecule has 0 heterocycles. The van der Waals surface area contributed by atoms with Gasteiger partial charge in [-0.2, -0.15) is 0 Å². The van der Waals surface area contributed by atoms with Gasteiger partial charge in [0.05, 0.1) is 0 Å². The van der Waals surface area contributed by atoms with Crippen LogP contribution in [0.15, 0.2) is 97.1 Å². The second-order valence-corrected chi connectivity index (χ2v) is 7.34. The van der Waals surface area contributed by atoms with Crippen molar-refractivity contribution in [2.45, 2.75) is 25.7 Å². The monoisotopic (exact) mass is 382 g/mol. The maximum absolute atomic E-state index is 12.6. The van der Waals surface area contributed by atoms with Crippen LogP contribution in [0.1, 0.15) is 29.5 Å². The van der Waals surface area contributed by atoms with Crippen molar-refractivity contribution in [3.63, 3.8) is 0 Å². The SMILES string of the molecule is O=C(Cc1ccccc1)CC(/C=C/c1ccccc1)CC(=O)Cc1ccccc1. The molecule has 0 N–H and O–H groups in total. The van der Waals surface area contributed by atoms with E-state index in [0.717, 1.165) is 16.7 Å². The van der Waals surface area contributed by atoms with E-state index in [1.54, 1.807) is 0 Å². The fourth-order valence-corrected chi connectivity index (χ4v) is 3.40. The van der Waals surface area contributed by atoms with Crippen LogP contribution in [0.5, 0.6) is 0 Å². The highest BCUT2D eigenvalue weighted by atomic mass is 16.1. The number of carbonyl (C=O) groups is 2. The van der Waals surface area contributed by atoms with Gasteiger partial charge in [0.25, 0.3) is 0 Å². The van der Waals surface area contributed by atoms with Gasteiger partial charge >= 0.3 is 0 Å². The van der Waals surface area contributed by atoms with Gasteiger partial charge in [0.15, 0.2) is 0 Å². The smallest absolute Gasteiger partial charge is 0.137 e. The molecule has 0 spiro atoms. The fourth-order valence-electron chi connectivity index (χ4n) is 3.40. The third-order valence-corrected chi connectivity index (χ3v) is 4.83. The number of hydrogen-bond donors (Lipinski definition) is 0. The second-order valence-electron chi connectivity index (χ2n) is 7.34. The summed E-state index contributed by atoms with van der Waals surface area (Å²) in [6.45, 7) is 0. The van der Waals surface area contributed by atoms with Crippen molar-refractivity contribution in [2.75, 3.05) is 0 Å². The van der Waals surface area contributed by atoms with E-state index in [1.165, 1.54) is 0 Å². The molecule has 146 valence electrons. The Morgan fingerprint density at radius 1 is 0.621 bits per heavy atom. The lowest BCUT2D eigenvalue weighted by Crippen LogP contribution is -2.14. The minimum atomic E-state index is -0.0948. The number of rotatable bonds is 10. The van der Waals surface area contributed by atoms with Crippen LogP contribution < -0.4 is 0 Å². The highest BCUT2D eigenvalue weighted by Crippen LogP contribution is 2.18. The van der Waals surface area contributed by atoms with Crippen molar-refractivity contribution in [3.05, 3.63) is 114 Å². The lowest BCUT2D eigenvalue weighted by molar-refractivity contribution is -0.120. The largest absolute Gasteiger partial charge is 0.299 e. The third kappa shape index (κ3) is 7.34. The number of Topliss-reactive ketones (excluding diaryl/α,β-unsaturated/α-hetero) is 2. The molecule has 0 aliphatic rings. The van der Waals surface area contributed by atoms with Crippen molar-refractivity contribution >= 4 is 17.6 Å². The van der Waals surface area contributed by atoms with Gasteiger partial charge in [-0.3, -0.25) is 9.59 Å². The normalized spacial score (nSPS) is 11.1. The lowest BCUT2D eigenvalue weighted by Gasteiger charge is -2.12. The predicted octanol–water partition coefficient (Wildman–Crippen LogP) is 5.72. The summed E-state index contributed by atoms with van der Waals surface area (Å²) in [7, 11) is 0. The molecule has 2 nitrogen and oxygen atoms in total. The molecular formula is C27H26O2. The van der Waals surface area contributed by atoms with Crippen LogP contribution >= 0.6 is 0 Å². The minimum absolute atomic E-state index is 0.0948. The molecule has 0 bridgehead atoms. The van der Waals surface area contributed by atoms with E-state index in [-0.39, 0.29) is 17.5 Å². The van der Waals surface area contributed by atoms with E-state index in [2.05, 4.69) is 0 Å². The van der Waals surface area contributed by atoms with Gasteiger partial charge in [0, 0.05) is 25.7 Å². The summed E-state index contributed by atoms with van der Waals surface area (Å²) >= 11 is 0. The molecule has 29 heavy (non-hydrogen) atoms. The van der Waals surface area contributed by atoms with E-state index < -0.39 is 0 Å². The average Bonchev–Trinajstić information content (AvgIpc) is 2.74. The van der Waals surface area contributed by atoms with Crippen molar-refractivity contribution in [3.8, 4) is 0 Å². The van der Waals surface area contributed by atoms with Gasteiger partial charge in [-0.15, -0.1) is 0 Å². The summed E-state index contributed by atoms with van der Waals surface area (Å²) in [6.07, 6.45) is 5.59. The van der Waals surface area contributed by atoms with Crippen LogP contribution in [0.25, 0.3) is 6.08 Å². The van der Waals surface area contributed by atoms with E-state index in [4.69, 9.17) is 0 Å². The van der Waals surface area contributed by atoms with E-state index in [9.17, 15) is 9.59 Å². The number of ketones is 2. The first kappa shape index (κ1) is 20.5. The van der Waals surface area contributed by atoms with Gasteiger partial charge in [-0.1, -0.05) is 103 Å². The Kier molecular flexibility index (Phi) is 7.71. The standard InChI is InChI=1S/C27H26O2/c28-26(18-23-12-6-2-7-13-23)20-25(17-16-22-10-4-1-5-11-22)21-27(29)19-24-14-8-3-9-15-24/h1-17,25H,18-21H2/b17-16+. The maximum Gasteiger partial charge on any atom is 0.137 e. The van der Waals surface area contributed by atoms with Gasteiger partial charge in [-0.25, -0.2) is 0 Å². The van der Waals surface area contributed by atoms with Crippen LogP contribution in [-0.4, -0.2) is 11.6 Å². The molecule has 0 atom stereocenters. The quantitative estimate of drug-likeness (QED) is 0.449. The topological polar surface area (TPSA) is 34.1 Å². The number of hydrogen-bond acceptors (Lipinski definition) is 2. The lowest BCUT2D eigenvalue weighted by atomic mass is 9.91. The summed E-state index contributed by atoms with van der Waals surface area (Å²) in [5.41, 5.74) is 3.10. The molecule has 2 heteroatoms. The Hall–Kier alpha value is -3.26. The average molecular weight is 383 g/mol. The summed E-state index contributed by atoms with van der Waals surface area (Å²) < 4.78 is 0. The Balaban J connectivity index is 1.66. The van der Waals surface area contributed by atoms with Crippen LogP contribution in [-0.2, 0) is 22.4 Å². The minimum Gasteiger partial charge on any atom is -0.299 e. The Morgan fingerprint density at radius 3 is 1.48 bits per heavy atom. The summed E-state index contributed by atoms with van der Waals surface area (Å²) in [4.78, 5) is 25.3. The molecule has 3 aromatic carbocycles. The van der Waals surface area contributed by atoms with E-state index in [0.29, 0.717) is 25.7 Å². The molecule has 0 amide bonds. The van der Waals surface area contributed by atoms with Crippen molar-refractivity contribution in [1.29, 1.82) is 0 Å². The molecule has 0 saturated heterocycles. The molecule has 0 unspecified atom stereocenters. The summed E-state index contributed by atoms with van der Waals surface area (Å²) in [5.74, 6) is 0.223. The molecule has 0 saturated carbocycles. The van der Waals surface area contributed by atoms with Crippen LogP contribution in [0.3, 0.4) is 0 Å². The van der Waals surface area contributed by atoms with Gasteiger partial charge in [0.2, 0.25) is 0 Å². The zero-order chi connectivity index (χ0) is 20.3. The molecule has 0 radical (unpaired) electrons. The van der Waals surface area contributed by atoms with Crippen LogP contribution in [0, 0.1) is 5.92 Å². The first-order chi connectivity index (χ1) is 14.2. The maximum atomic E-state index is 12.6. The van der Waals surface area contributed by atoms with Crippen LogP contribution in [0.2, 0.25) is 0 Å². The zero-order valence-corrected chi connectivity index (χ0v) is 16.5. The molecule has 0 aliphatic heterocycles. The van der Waals surface area contributed by atoms with E-state index >= 15 is 0 Å². The fraction of sp³-hybridized carbons (Fsp3) is 0.185. The molecule has 0 aliphatic carbocycles. The summed E-state index contributed by atoms with van der Waals surface area (Å²) in [5, 5.41) is 0. The van der Waals surface area contributed by atoms with Crippen molar-refractivity contribution in [2.24, 2.45) is 5.92 Å². The van der Waals surface area contributed by atoms with Crippen molar-refractivity contribution < 1.29 is 9.59 Å². The molecule has 0 fully saturated rings.